The zero-order valence-electron chi connectivity index (χ0n) is 12.9. The van der Waals surface area contributed by atoms with Gasteiger partial charge in [-0.2, -0.15) is 0 Å². The van der Waals surface area contributed by atoms with Gasteiger partial charge in [0.25, 0.3) is 0 Å². The molecule has 120 valence electrons. The number of nitrogens with one attached hydrogen (secondary N) is 2. The average molecular weight is 329 g/mol. The molecule has 1 unspecified atom stereocenters. The molecule has 3 N–H and O–H groups in total. The Labute approximate surface area is 142 Å². The van der Waals surface area contributed by atoms with E-state index in [1.54, 1.807) is 24.3 Å². The molecule has 0 aromatic heterocycles. The molecule has 0 bridgehead atoms. The fourth-order valence-corrected chi connectivity index (χ4v) is 2.71. The van der Waals surface area contributed by atoms with Crippen LogP contribution in [0.3, 0.4) is 0 Å². The molecule has 0 saturated heterocycles. The number of rotatable bonds is 8. The van der Waals surface area contributed by atoms with Crippen molar-refractivity contribution in [3.63, 3.8) is 0 Å². The Kier molecular flexibility index (Phi) is 6.08. The molecule has 4 heteroatoms. The zero-order valence-corrected chi connectivity index (χ0v) is 13.7. The van der Waals surface area contributed by atoms with E-state index in [-0.39, 0.29) is 6.42 Å². The topological polar surface area (TPSA) is 67.9 Å². The lowest BCUT2D eigenvalue weighted by molar-refractivity contribution is 0.0379. The Morgan fingerprint density at radius 2 is 1.74 bits per heavy atom. The first kappa shape index (κ1) is 17.4. The van der Waals surface area contributed by atoms with Gasteiger partial charge in [0, 0.05) is 23.6 Å². The third kappa shape index (κ3) is 5.02. The third-order valence-electron chi connectivity index (χ3n) is 3.92. The fourth-order valence-electron chi connectivity index (χ4n) is 2.58. The fraction of sp³-hybridized carbons (Fsp3) is 0.263. The predicted molar refractivity (Wildman–Crippen MR) is 95.9 cm³/mol. The molecule has 2 aromatic rings. The van der Waals surface area contributed by atoms with E-state index in [1.807, 2.05) is 30.3 Å². The van der Waals surface area contributed by atoms with Crippen LogP contribution in [0, 0.1) is 10.8 Å². The minimum atomic E-state index is -1.13. The van der Waals surface area contributed by atoms with E-state index in [9.17, 15) is 5.11 Å². The first-order chi connectivity index (χ1) is 11.0. The predicted octanol–water partition coefficient (Wildman–Crippen LogP) is 4.61. The first-order valence-corrected chi connectivity index (χ1v) is 7.99. The quantitative estimate of drug-likeness (QED) is 0.608. The van der Waals surface area contributed by atoms with Gasteiger partial charge in [0.1, 0.15) is 0 Å². The van der Waals surface area contributed by atoms with Crippen molar-refractivity contribution in [2.75, 3.05) is 0 Å². The molecule has 1 atom stereocenters. The maximum absolute atomic E-state index is 10.9. The van der Waals surface area contributed by atoms with E-state index < -0.39 is 5.60 Å². The SMILES string of the molecule is N=CCC(O)(CCC(=N)Cc1ccccc1)c1ccc(Cl)cc1. The number of hydrogen-bond donors (Lipinski definition) is 3. The summed E-state index contributed by atoms with van der Waals surface area (Å²) in [7, 11) is 0. The Hall–Kier alpha value is -1.97. The summed E-state index contributed by atoms with van der Waals surface area (Å²) < 4.78 is 0. The van der Waals surface area contributed by atoms with Crippen molar-refractivity contribution in [3.05, 3.63) is 70.7 Å². The second-order valence-corrected chi connectivity index (χ2v) is 6.15. The van der Waals surface area contributed by atoms with Crippen molar-refractivity contribution < 1.29 is 5.11 Å². The van der Waals surface area contributed by atoms with Crippen LogP contribution in [0.4, 0.5) is 0 Å². The lowest BCUT2D eigenvalue weighted by Crippen LogP contribution is -2.27. The van der Waals surface area contributed by atoms with E-state index in [0.717, 1.165) is 11.1 Å². The number of hydrogen-bond acceptors (Lipinski definition) is 3. The van der Waals surface area contributed by atoms with E-state index in [4.69, 9.17) is 22.4 Å². The number of halogens is 1. The monoisotopic (exact) mass is 328 g/mol. The highest BCUT2D eigenvalue weighted by Crippen LogP contribution is 2.30. The summed E-state index contributed by atoms with van der Waals surface area (Å²) in [6, 6.07) is 16.9. The minimum Gasteiger partial charge on any atom is -0.385 e. The van der Waals surface area contributed by atoms with Crippen LogP contribution in [-0.4, -0.2) is 17.0 Å². The van der Waals surface area contributed by atoms with Gasteiger partial charge in [-0.1, -0.05) is 54.1 Å². The molecule has 23 heavy (non-hydrogen) atoms. The molecule has 0 fully saturated rings. The van der Waals surface area contributed by atoms with Crippen molar-refractivity contribution in [2.24, 2.45) is 0 Å². The minimum absolute atomic E-state index is 0.229. The van der Waals surface area contributed by atoms with Crippen LogP contribution >= 0.6 is 11.6 Å². The summed E-state index contributed by atoms with van der Waals surface area (Å²) in [5.74, 6) is 0. The largest absolute Gasteiger partial charge is 0.385 e. The van der Waals surface area contributed by atoms with Gasteiger partial charge in [-0.05, 0) is 42.3 Å². The molecule has 0 aliphatic rings. The van der Waals surface area contributed by atoms with Crippen molar-refractivity contribution in [1.82, 2.24) is 0 Å². The molecular formula is C19H21ClN2O. The average Bonchev–Trinajstić information content (AvgIpc) is 2.55. The second kappa shape index (κ2) is 8.04. The lowest BCUT2D eigenvalue weighted by atomic mass is 9.85. The van der Waals surface area contributed by atoms with Crippen molar-refractivity contribution >= 4 is 23.5 Å². The molecule has 0 saturated carbocycles. The first-order valence-electron chi connectivity index (χ1n) is 7.61. The molecule has 3 nitrogen and oxygen atoms in total. The third-order valence-corrected chi connectivity index (χ3v) is 4.17. The van der Waals surface area contributed by atoms with Crippen molar-refractivity contribution in [2.45, 2.75) is 31.3 Å². The summed E-state index contributed by atoms with van der Waals surface area (Å²) in [6.07, 6.45) is 2.93. The number of aliphatic hydroxyl groups is 1. The van der Waals surface area contributed by atoms with E-state index in [0.29, 0.717) is 30.0 Å². The van der Waals surface area contributed by atoms with Crippen LogP contribution in [0.15, 0.2) is 54.6 Å². The van der Waals surface area contributed by atoms with Crippen molar-refractivity contribution in [1.29, 1.82) is 10.8 Å². The smallest absolute Gasteiger partial charge is 0.0949 e. The standard InChI is InChI=1S/C19H21ClN2O/c20-17-8-6-16(7-9-17)19(23,12-13-21)11-10-18(22)14-15-4-2-1-3-5-15/h1-9,13,21-23H,10-12,14H2. The zero-order chi connectivity index (χ0) is 16.7. The highest BCUT2D eigenvalue weighted by atomic mass is 35.5. The summed E-state index contributed by atoms with van der Waals surface area (Å²) in [4.78, 5) is 0. The Balaban J connectivity index is 2.03. The van der Waals surface area contributed by atoms with Crippen LogP contribution in [0.1, 0.15) is 30.4 Å². The Bertz CT molecular complexity index is 655. The van der Waals surface area contributed by atoms with Gasteiger partial charge in [0.15, 0.2) is 0 Å². The maximum atomic E-state index is 10.9. The van der Waals surface area contributed by atoms with Gasteiger partial charge >= 0.3 is 0 Å². The Morgan fingerprint density at radius 1 is 1.09 bits per heavy atom. The molecule has 0 aliphatic carbocycles. The summed E-state index contributed by atoms with van der Waals surface area (Å²) >= 11 is 5.90. The molecule has 0 radical (unpaired) electrons. The van der Waals surface area contributed by atoms with Crippen LogP contribution < -0.4 is 0 Å². The molecule has 2 aromatic carbocycles. The molecule has 2 rings (SSSR count). The molecule has 0 spiro atoms. The highest BCUT2D eigenvalue weighted by molar-refractivity contribution is 6.30. The maximum Gasteiger partial charge on any atom is 0.0949 e. The summed E-state index contributed by atoms with van der Waals surface area (Å²) in [5, 5.41) is 27.0. The van der Waals surface area contributed by atoms with Crippen LogP contribution in [0.25, 0.3) is 0 Å². The van der Waals surface area contributed by atoms with E-state index in [1.165, 1.54) is 6.21 Å². The van der Waals surface area contributed by atoms with Crippen LogP contribution in [-0.2, 0) is 12.0 Å². The van der Waals surface area contributed by atoms with Gasteiger partial charge in [-0.25, -0.2) is 0 Å². The molecular weight excluding hydrogens is 308 g/mol. The van der Waals surface area contributed by atoms with Crippen LogP contribution in [0.5, 0.6) is 0 Å². The molecule has 0 amide bonds. The summed E-state index contributed by atoms with van der Waals surface area (Å²) in [5.41, 5.74) is 1.28. The molecule has 0 heterocycles. The van der Waals surface area contributed by atoms with E-state index >= 15 is 0 Å². The van der Waals surface area contributed by atoms with Crippen LogP contribution in [0.2, 0.25) is 5.02 Å². The van der Waals surface area contributed by atoms with Gasteiger partial charge < -0.3 is 15.9 Å². The van der Waals surface area contributed by atoms with Gasteiger partial charge in [-0.15, -0.1) is 0 Å². The van der Waals surface area contributed by atoms with Gasteiger partial charge in [-0.3, -0.25) is 0 Å². The molecule has 0 aliphatic heterocycles. The van der Waals surface area contributed by atoms with Crippen molar-refractivity contribution in [3.8, 4) is 0 Å². The van der Waals surface area contributed by atoms with Gasteiger partial charge in [0.2, 0.25) is 0 Å². The Morgan fingerprint density at radius 3 is 2.35 bits per heavy atom. The second-order valence-electron chi connectivity index (χ2n) is 5.71. The van der Waals surface area contributed by atoms with Gasteiger partial charge in [0.05, 0.1) is 5.60 Å². The van der Waals surface area contributed by atoms with E-state index in [2.05, 4.69) is 0 Å². The number of benzene rings is 2. The summed E-state index contributed by atoms with van der Waals surface area (Å²) in [6.45, 7) is 0. The normalized spacial score (nSPS) is 13.3. The highest BCUT2D eigenvalue weighted by Gasteiger charge is 2.28. The lowest BCUT2D eigenvalue weighted by Gasteiger charge is -2.27.